The van der Waals surface area contributed by atoms with Crippen molar-refractivity contribution in [3.63, 3.8) is 0 Å². The summed E-state index contributed by atoms with van der Waals surface area (Å²) in [6.07, 6.45) is 5.23. The third kappa shape index (κ3) is 5.81. The molecule has 3 rings (SSSR count). The zero-order valence-corrected chi connectivity index (χ0v) is 18.1. The zero-order valence-electron chi connectivity index (χ0n) is 16.5. The van der Waals surface area contributed by atoms with Crippen LogP contribution in [-0.4, -0.2) is 27.0 Å². The quantitative estimate of drug-likeness (QED) is 0.628. The molecule has 0 aromatic heterocycles. The number of sulfonamides is 1. The minimum absolute atomic E-state index is 0.226. The topological polar surface area (TPSA) is 72.5 Å². The molecule has 0 unspecified atom stereocenters. The second-order valence-electron chi connectivity index (χ2n) is 7.62. The van der Waals surface area contributed by atoms with Gasteiger partial charge < -0.3 is 4.74 Å². The minimum Gasteiger partial charge on any atom is -0.469 e. The van der Waals surface area contributed by atoms with E-state index < -0.39 is 15.6 Å². The maximum atomic E-state index is 12.9. The molecule has 0 heterocycles. The number of hydrogen-bond donors (Lipinski definition) is 1. The van der Waals surface area contributed by atoms with E-state index in [0.29, 0.717) is 24.3 Å². The number of hydrogen-bond acceptors (Lipinski definition) is 4. The van der Waals surface area contributed by atoms with Crippen LogP contribution in [0.25, 0.3) is 0 Å². The summed E-state index contributed by atoms with van der Waals surface area (Å²) in [5.41, 5.74) is 1.65. The first-order chi connectivity index (χ1) is 13.8. The second kappa shape index (κ2) is 9.28. The van der Waals surface area contributed by atoms with E-state index in [-0.39, 0.29) is 10.9 Å². The molecule has 1 N–H and O–H groups in total. The molecule has 29 heavy (non-hydrogen) atoms. The molecule has 1 fully saturated rings. The number of rotatable bonds is 8. The van der Waals surface area contributed by atoms with Crippen molar-refractivity contribution in [2.24, 2.45) is 0 Å². The summed E-state index contributed by atoms with van der Waals surface area (Å²) >= 11 is 5.89. The molecule has 0 atom stereocenters. The van der Waals surface area contributed by atoms with Crippen molar-refractivity contribution in [1.82, 2.24) is 4.72 Å². The molecule has 0 spiro atoms. The molecule has 0 bridgehead atoms. The van der Waals surface area contributed by atoms with Gasteiger partial charge in [0, 0.05) is 17.0 Å². The summed E-state index contributed by atoms with van der Waals surface area (Å²) in [6, 6.07) is 14.3. The lowest BCUT2D eigenvalue weighted by Crippen LogP contribution is -2.47. The Labute approximate surface area is 177 Å². The Hall–Kier alpha value is -1.89. The average Bonchev–Trinajstić information content (AvgIpc) is 3.14. The maximum absolute atomic E-state index is 12.9. The number of aryl methyl sites for hydroxylation is 1. The molecule has 2 aromatic carbocycles. The van der Waals surface area contributed by atoms with Crippen LogP contribution in [0.3, 0.4) is 0 Å². The Kier molecular flexibility index (Phi) is 6.98. The van der Waals surface area contributed by atoms with Gasteiger partial charge in [-0.15, -0.1) is 0 Å². The van der Waals surface area contributed by atoms with Gasteiger partial charge in [0.05, 0.1) is 12.0 Å². The molecule has 1 aliphatic carbocycles. The van der Waals surface area contributed by atoms with Crippen molar-refractivity contribution in [1.29, 1.82) is 0 Å². The largest absolute Gasteiger partial charge is 0.469 e. The van der Waals surface area contributed by atoms with E-state index >= 15 is 0 Å². The Balaban J connectivity index is 1.72. The fourth-order valence-corrected chi connectivity index (χ4v) is 5.47. The zero-order chi connectivity index (χ0) is 20.9. The van der Waals surface area contributed by atoms with E-state index in [1.165, 1.54) is 19.2 Å². The fraction of sp³-hybridized carbons (Fsp3) is 0.409. The van der Waals surface area contributed by atoms with Crippen molar-refractivity contribution in [2.45, 2.75) is 55.4 Å². The number of methoxy groups -OCH3 is 1. The molecule has 0 radical (unpaired) electrons. The van der Waals surface area contributed by atoms with Gasteiger partial charge in [-0.05, 0) is 61.1 Å². The lowest BCUT2D eigenvalue weighted by Gasteiger charge is -2.30. The van der Waals surface area contributed by atoms with Crippen molar-refractivity contribution in [2.75, 3.05) is 7.11 Å². The number of benzene rings is 2. The molecule has 0 amide bonds. The summed E-state index contributed by atoms with van der Waals surface area (Å²) in [5.74, 6) is -0.226. The fourth-order valence-electron chi connectivity index (χ4n) is 3.89. The van der Waals surface area contributed by atoms with E-state index in [4.69, 9.17) is 11.6 Å². The van der Waals surface area contributed by atoms with Crippen LogP contribution in [0.1, 0.15) is 43.2 Å². The summed E-state index contributed by atoms with van der Waals surface area (Å²) in [4.78, 5) is 11.5. The molecular weight excluding hydrogens is 410 g/mol. The van der Waals surface area contributed by atoms with Crippen LogP contribution in [0.4, 0.5) is 0 Å². The molecule has 156 valence electrons. The molecule has 7 heteroatoms. The van der Waals surface area contributed by atoms with Gasteiger partial charge in [0.2, 0.25) is 10.0 Å². The van der Waals surface area contributed by atoms with E-state index in [1.54, 1.807) is 12.1 Å². The first-order valence-corrected chi connectivity index (χ1v) is 11.6. The first-order valence-electron chi connectivity index (χ1n) is 9.76. The lowest BCUT2D eigenvalue weighted by atomic mass is 9.90. The highest BCUT2D eigenvalue weighted by Crippen LogP contribution is 2.34. The van der Waals surface area contributed by atoms with Crippen LogP contribution in [0, 0.1) is 0 Å². The third-order valence-corrected chi connectivity index (χ3v) is 7.29. The highest BCUT2D eigenvalue weighted by Gasteiger charge is 2.38. The minimum atomic E-state index is -3.63. The van der Waals surface area contributed by atoms with Crippen molar-refractivity contribution >= 4 is 27.6 Å². The normalized spacial score (nSPS) is 15.9. The van der Waals surface area contributed by atoms with Crippen molar-refractivity contribution in [3.05, 3.63) is 64.7 Å². The SMILES string of the molecule is COC(=O)CCc1ccc(CC2(NS(=O)(=O)c3ccc(Cl)cc3)CCCC2)cc1. The maximum Gasteiger partial charge on any atom is 0.305 e. The van der Waals surface area contributed by atoms with E-state index in [1.807, 2.05) is 24.3 Å². The Bertz CT molecular complexity index is 934. The molecule has 2 aromatic rings. The molecule has 0 saturated heterocycles. The summed E-state index contributed by atoms with van der Waals surface area (Å²) in [7, 11) is -2.24. The van der Waals surface area contributed by atoms with Gasteiger partial charge in [0.25, 0.3) is 0 Å². The smallest absolute Gasteiger partial charge is 0.305 e. The number of ether oxygens (including phenoxy) is 1. The van der Waals surface area contributed by atoms with Gasteiger partial charge in [-0.3, -0.25) is 4.79 Å². The van der Waals surface area contributed by atoms with Crippen molar-refractivity contribution in [3.8, 4) is 0 Å². The number of nitrogens with one attached hydrogen (secondary N) is 1. The predicted octanol–water partition coefficient (Wildman–Crippen LogP) is 4.28. The Morgan fingerprint density at radius 3 is 2.21 bits per heavy atom. The van der Waals surface area contributed by atoms with E-state index in [0.717, 1.165) is 36.8 Å². The van der Waals surface area contributed by atoms with Gasteiger partial charge in [0.15, 0.2) is 0 Å². The van der Waals surface area contributed by atoms with Crippen LogP contribution in [0.2, 0.25) is 5.02 Å². The van der Waals surface area contributed by atoms with Crippen LogP contribution in [0.15, 0.2) is 53.4 Å². The number of carbonyl (C=O) groups excluding carboxylic acids is 1. The van der Waals surface area contributed by atoms with Gasteiger partial charge in [-0.1, -0.05) is 48.7 Å². The monoisotopic (exact) mass is 435 g/mol. The number of esters is 1. The number of carbonyl (C=O) groups is 1. The van der Waals surface area contributed by atoms with Gasteiger partial charge >= 0.3 is 5.97 Å². The molecule has 1 aliphatic rings. The third-order valence-electron chi connectivity index (χ3n) is 5.45. The molecule has 1 saturated carbocycles. The van der Waals surface area contributed by atoms with E-state index in [9.17, 15) is 13.2 Å². The Morgan fingerprint density at radius 1 is 1.03 bits per heavy atom. The van der Waals surface area contributed by atoms with Crippen LogP contribution in [-0.2, 0) is 32.4 Å². The van der Waals surface area contributed by atoms with Crippen LogP contribution in [0.5, 0.6) is 0 Å². The summed E-state index contributed by atoms with van der Waals surface area (Å²) in [5, 5.41) is 0.506. The first kappa shape index (κ1) is 21.8. The summed E-state index contributed by atoms with van der Waals surface area (Å²) in [6.45, 7) is 0. The average molecular weight is 436 g/mol. The molecule has 0 aliphatic heterocycles. The van der Waals surface area contributed by atoms with Crippen LogP contribution < -0.4 is 4.72 Å². The predicted molar refractivity (Wildman–Crippen MR) is 113 cm³/mol. The van der Waals surface area contributed by atoms with Gasteiger partial charge in [-0.25, -0.2) is 13.1 Å². The van der Waals surface area contributed by atoms with Gasteiger partial charge in [0.1, 0.15) is 0 Å². The Morgan fingerprint density at radius 2 is 1.62 bits per heavy atom. The molecular formula is C22H26ClNO4S. The standard InChI is InChI=1S/C22H26ClNO4S/c1-28-21(25)13-8-17-4-6-18(7-5-17)16-22(14-2-3-15-22)24-29(26,27)20-11-9-19(23)10-12-20/h4-7,9-12,24H,2-3,8,13-16H2,1H3. The highest BCUT2D eigenvalue weighted by atomic mass is 35.5. The second-order valence-corrected chi connectivity index (χ2v) is 9.74. The lowest BCUT2D eigenvalue weighted by molar-refractivity contribution is -0.140. The number of halogens is 1. The van der Waals surface area contributed by atoms with E-state index in [2.05, 4.69) is 9.46 Å². The van der Waals surface area contributed by atoms with Gasteiger partial charge in [-0.2, -0.15) is 0 Å². The molecule has 5 nitrogen and oxygen atoms in total. The summed E-state index contributed by atoms with van der Waals surface area (Å²) < 4.78 is 33.5. The van der Waals surface area contributed by atoms with Crippen LogP contribution >= 0.6 is 11.6 Å². The highest BCUT2D eigenvalue weighted by molar-refractivity contribution is 7.89. The van der Waals surface area contributed by atoms with Crippen molar-refractivity contribution < 1.29 is 17.9 Å².